The second-order valence-corrected chi connectivity index (χ2v) is 6.38. The van der Waals surface area contributed by atoms with E-state index >= 15 is 0 Å². The van der Waals surface area contributed by atoms with E-state index in [1.165, 1.54) is 0 Å². The van der Waals surface area contributed by atoms with Gasteiger partial charge in [0.1, 0.15) is 12.4 Å². The minimum Gasteiger partial charge on any atom is -0.489 e. The van der Waals surface area contributed by atoms with Crippen LogP contribution >= 0.6 is 0 Å². The summed E-state index contributed by atoms with van der Waals surface area (Å²) < 4.78 is 5.71. The van der Waals surface area contributed by atoms with Crippen molar-refractivity contribution >= 4 is 5.91 Å². The van der Waals surface area contributed by atoms with E-state index in [1.807, 2.05) is 54.6 Å². The predicted molar refractivity (Wildman–Crippen MR) is 94.9 cm³/mol. The summed E-state index contributed by atoms with van der Waals surface area (Å²) in [6.45, 7) is 0.492. The third-order valence-electron chi connectivity index (χ3n) is 4.47. The zero-order valence-corrected chi connectivity index (χ0v) is 13.8. The summed E-state index contributed by atoms with van der Waals surface area (Å²) in [6.07, 6.45) is 3.91. The molecule has 4 heteroatoms. The fraction of sp³-hybridized carbons (Fsp3) is 0.350. The third-order valence-corrected chi connectivity index (χ3v) is 4.47. The Labute approximate surface area is 143 Å². The van der Waals surface area contributed by atoms with Crippen molar-refractivity contribution < 1.29 is 9.53 Å². The first-order chi connectivity index (χ1) is 11.7. The van der Waals surface area contributed by atoms with Crippen molar-refractivity contribution in [3.05, 3.63) is 65.7 Å². The molecule has 3 N–H and O–H groups in total. The standard InChI is InChI=1S/C20H24N2O2/c21-17-10-12-18(13-11-17)22-20(23)16-8-6-15(7-9-16)14-24-19-4-2-1-3-5-19/h1-9,17-18H,10-14,21H2,(H,22,23). The van der Waals surface area contributed by atoms with Gasteiger partial charge in [0, 0.05) is 17.6 Å². The molecule has 0 radical (unpaired) electrons. The molecule has 0 saturated heterocycles. The van der Waals surface area contributed by atoms with Crippen LogP contribution in [0.2, 0.25) is 0 Å². The number of para-hydroxylation sites is 1. The van der Waals surface area contributed by atoms with Gasteiger partial charge in [0.15, 0.2) is 0 Å². The van der Waals surface area contributed by atoms with Crippen LogP contribution in [-0.2, 0) is 6.61 Å². The number of carbonyl (C=O) groups excluding carboxylic acids is 1. The normalized spacial score (nSPS) is 20.4. The van der Waals surface area contributed by atoms with Gasteiger partial charge in [-0.05, 0) is 55.5 Å². The molecule has 3 rings (SSSR count). The molecule has 1 fully saturated rings. The maximum absolute atomic E-state index is 12.3. The van der Waals surface area contributed by atoms with E-state index in [-0.39, 0.29) is 11.9 Å². The highest BCUT2D eigenvalue weighted by Gasteiger charge is 2.20. The van der Waals surface area contributed by atoms with E-state index in [1.54, 1.807) is 0 Å². The topological polar surface area (TPSA) is 64.3 Å². The molecule has 24 heavy (non-hydrogen) atoms. The molecule has 4 nitrogen and oxygen atoms in total. The van der Waals surface area contributed by atoms with Gasteiger partial charge in [-0.25, -0.2) is 0 Å². The van der Waals surface area contributed by atoms with Crippen LogP contribution in [0.25, 0.3) is 0 Å². The fourth-order valence-electron chi connectivity index (χ4n) is 2.97. The quantitative estimate of drug-likeness (QED) is 0.887. The third kappa shape index (κ3) is 4.59. The van der Waals surface area contributed by atoms with Crippen molar-refractivity contribution in [3.63, 3.8) is 0 Å². The molecule has 0 atom stereocenters. The Morgan fingerprint density at radius 1 is 1.00 bits per heavy atom. The van der Waals surface area contributed by atoms with E-state index in [0.717, 1.165) is 37.0 Å². The average Bonchev–Trinajstić information content (AvgIpc) is 2.63. The summed E-state index contributed by atoms with van der Waals surface area (Å²) in [6, 6.07) is 17.8. The molecule has 0 heterocycles. The minimum absolute atomic E-state index is 0.00833. The second-order valence-electron chi connectivity index (χ2n) is 6.38. The van der Waals surface area contributed by atoms with Gasteiger partial charge in [0.05, 0.1) is 0 Å². The maximum atomic E-state index is 12.3. The number of carbonyl (C=O) groups is 1. The van der Waals surface area contributed by atoms with Gasteiger partial charge >= 0.3 is 0 Å². The first kappa shape index (κ1) is 16.5. The highest BCUT2D eigenvalue weighted by Crippen LogP contribution is 2.18. The van der Waals surface area contributed by atoms with Crippen LogP contribution in [0, 0.1) is 0 Å². The zero-order valence-electron chi connectivity index (χ0n) is 13.8. The van der Waals surface area contributed by atoms with Crippen molar-refractivity contribution in [2.75, 3.05) is 0 Å². The Morgan fingerprint density at radius 3 is 2.33 bits per heavy atom. The number of nitrogens with two attached hydrogens (primary N) is 1. The molecule has 2 aromatic carbocycles. The first-order valence-electron chi connectivity index (χ1n) is 8.54. The summed E-state index contributed by atoms with van der Waals surface area (Å²) in [5, 5.41) is 3.11. The number of hydrogen-bond donors (Lipinski definition) is 2. The van der Waals surface area contributed by atoms with E-state index < -0.39 is 0 Å². The molecule has 0 spiro atoms. The van der Waals surface area contributed by atoms with Crippen molar-refractivity contribution in [3.8, 4) is 5.75 Å². The molecule has 2 aromatic rings. The number of hydrogen-bond acceptors (Lipinski definition) is 3. The lowest BCUT2D eigenvalue weighted by molar-refractivity contribution is 0.0926. The Morgan fingerprint density at radius 2 is 1.67 bits per heavy atom. The number of nitrogens with one attached hydrogen (secondary N) is 1. The summed E-state index contributed by atoms with van der Waals surface area (Å²) in [5.74, 6) is 0.834. The zero-order chi connectivity index (χ0) is 16.8. The number of rotatable bonds is 5. The van der Waals surface area contributed by atoms with Gasteiger partial charge in [0.25, 0.3) is 5.91 Å². The monoisotopic (exact) mass is 324 g/mol. The SMILES string of the molecule is NC1CCC(NC(=O)c2ccc(COc3ccccc3)cc2)CC1. The summed E-state index contributed by atoms with van der Waals surface area (Å²) in [7, 11) is 0. The summed E-state index contributed by atoms with van der Waals surface area (Å²) >= 11 is 0. The van der Waals surface area contributed by atoms with Crippen molar-refractivity contribution in [2.24, 2.45) is 5.73 Å². The largest absolute Gasteiger partial charge is 0.489 e. The number of benzene rings is 2. The molecular weight excluding hydrogens is 300 g/mol. The Hall–Kier alpha value is -2.33. The molecule has 0 aliphatic heterocycles. The van der Waals surface area contributed by atoms with E-state index in [4.69, 9.17) is 10.5 Å². The van der Waals surface area contributed by atoms with Gasteiger partial charge in [-0.1, -0.05) is 30.3 Å². The summed E-state index contributed by atoms with van der Waals surface area (Å²) in [4.78, 5) is 12.3. The smallest absolute Gasteiger partial charge is 0.251 e. The van der Waals surface area contributed by atoms with Crippen LogP contribution in [-0.4, -0.2) is 18.0 Å². The minimum atomic E-state index is -0.00833. The first-order valence-corrected chi connectivity index (χ1v) is 8.54. The van der Waals surface area contributed by atoms with Crippen molar-refractivity contribution in [1.82, 2.24) is 5.32 Å². The van der Waals surface area contributed by atoms with Crippen LogP contribution in [0.3, 0.4) is 0 Å². The maximum Gasteiger partial charge on any atom is 0.251 e. The average molecular weight is 324 g/mol. The van der Waals surface area contributed by atoms with E-state index in [2.05, 4.69) is 5.32 Å². The second kappa shape index (κ2) is 7.97. The van der Waals surface area contributed by atoms with Gasteiger partial charge in [-0.15, -0.1) is 0 Å². The molecule has 1 saturated carbocycles. The van der Waals surface area contributed by atoms with Crippen LogP contribution in [0.4, 0.5) is 0 Å². The fourth-order valence-corrected chi connectivity index (χ4v) is 2.97. The lowest BCUT2D eigenvalue weighted by Gasteiger charge is -2.26. The molecule has 0 aromatic heterocycles. The molecule has 1 aliphatic rings. The highest BCUT2D eigenvalue weighted by atomic mass is 16.5. The number of amides is 1. The van der Waals surface area contributed by atoms with Gasteiger partial charge < -0.3 is 15.8 Å². The highest BCUT2D eigenvalue weighted by molar-refractivity contribution is 5.94. The molecule has 0 unspecified atom stereocenters. The molecular formula is C20H24N2O2. The van der Waals surface area contributed by atoms with Gasteiger partial charge in [-0.3, -0.25) is 4.79 Å². The lowest BCUT2D eigenvalue weighted by Crippen LogP contribution is -2.40. The lowest BCUT2D eigenvalue weighted by atomic mass is 9.91. The predicted octanol–water partition coefficient (Wildman–Crippen LogP) is 3.27. The van der Waals surface area contributed by atoms with Crippen LogP contribution < -0.4 is 15.8 Å². The van der Waals surface area contributed by atoms with Gasteiger partial charge in [0.2, 0.25) is 0 Å². The summed E-state index contributed by atoms with van der Waals surface area (Å²) in [5.41, 5.74) is 7.63. The van der Waals surface area contributed by atoms with Crippen LogP contribution in [0.5, 0.6) is 5.75 Å². The van der Waals surface area contributed by atoms with E-state index in [9.17, 15) is 4.79 Å². The van der Waals surface area contributed by atoms with Crippen molar-refractivity contribution in [1.29, 1.82) is 0 Å². The number of ether oxygens (including phenoxy) is 1. The molecule has 1 amide bonds. The Balaban J connectivity index is 1.51. The molecule has 1 aliphatic carbocycles. The molecule has 126 valence electrons. The van der Waals surface area contributed by atoms with Crippen molar-refractivity contribution in [2.45, 2.75) is 44.4 Å². The van der Waals surface area contributed by atoms with E-state index in [0.29, 0.717) is 18.2 Å². The van der Waals surface area contributed by atoms with Gasteiger partial charge in [-0.2, -0.15) is 0 Å². The Bertz CT molecular complexity index is 647. The van der Waals surface area contributed by atoms with Crippen LogP contribution in [0.15, 0.2) is 54.6 Å². The van der Waals surface area contributed by atoms with Crippen LogP contribution in [0.1, 0.15) is 41.6 Å². The molecule has 0 bridgehead atoms. The Kier molecular flexibility index (Phi) is 5.49.